The maximum Gasteiger partial charge on any atom is 0.321 e. The van der Waals surface area contributed by atoms with E-state index in [1.165, 1.54) is 19.1 Å². The Morgan fingerprint density at radius 1 is 1.44 bits per heavy atom. The number of rotatable bonds is 5. The summed E-state index contributed by atoms with van der Waals surface area (Å²) in [6.07, 6.45) is 0. The summed E-state index contributed by atoms with van der Waals surface area (Å²) < 4.78 is 43.7. The summed E-state index contributed by atoms with van der Waals surface area (Å²) in [5.41, 5.74) is 0.270. The number of sulfonamides is 1. The minimum atomic E-state index is -4.06. The van der Waals surface area contributed by atoms with Gasteiger partial charge >= 0.3 is 5.97 Å². The summed E-state index contributed by atoms with van der Waals surface area (Å²) in [5, 5.41) is 0. The van der Waals surface area contributed by atoms with E-state index in [0.717, 1.165) is 6.07 Å². The molecular weight excluding hydrogens is 261 g/mol. The molecular formula is C11H14FNO4S. The van der Waals surface area contributed by atoms with E-state index >= 15 is 0 Å². The molecule has 0 saturated carbocycles. The van der Waals surface area contributed by atoms with Crippen LogP contribution in [0.5, 0.6) is 0 Å². The van der Waals surface area contributed by atoms with Crippen LogP contribution in [0.25, 0.3) is 0 Å². The average molecular weight is 275 g/mol. The Bertz CT molecular complexity index is 522. The third-order valence-electron chi connectivity index (χ3n) is 2.14. The number of nitrogens with one attached hydrogen (secondary N) is 1. The molecule has 7 heteroatoms. The highest BCUT2D eigenvalue weighted by molar-refractivity contribution is 7.89. The highest BCUT2D eigenvalue weighted by Crippen LogP contribution is 2.18. The second-order valence-corrected chi connectivity index (χ2v) is 5.22. The van der Waals surface area contributed by atoms with E-state index in [4.69, 9.17) is 0 Å². The number of hydrogen-bond acceptors (Lipinski definition) is 4. The van der Waals surface area contributed by atoms with Gasteiger partial charge in [0, 0.05) is 0 Å². The Morgan fingerprint density at radius 2 is 2.11 bits per heavy atom. The van der Waals surface area contributed by atoms with Gasteiger partial charge in [0.25, 0.3) is 0 Å². The van der Waals surface area contributed by atoms with Crippen LogP contribution in [0.2, 0.25) is 0 Å². The zero-order valence-corrected chi connectivity index (χ0v) is 10.9. The first-order valence-electron chi connectivity index (χ1n) is 5.29. The molecule has 0 heterocycles. The van der Waals surface area contributed by atoms with Crippen LogP contribution in [0.15, 0.2) is 23.1 Å². The molecule has 0 unspecified atom stereocenters. The first-order chi connectivity index (χ1) is 8.38. The Hall–Kier alpha value is -1.47. The smallest absolute Gasteiger partial charge is 0.321 e. The summed E-state index contributed by atoms with van der Waals surface area (Å²) in [6, 6.07) is 3.93. The Kier molecular flexibility index (Phi) is 4.80. The van der Waals surface area contributed by atoms with Gasteiger partial charge in [-0.1, -0.05) is 12.1 Å². The van der Waals surface area contributed by atoms with Crippen LogP contribution in [0.1, 0.15) is 12.5 Å². The lowest BCUT2D eigenvalue weighted by Gasteiger charge is -2.09. The van der Waals surface area contributed by atoms with Gasteiger partial charge in [-0.05, 0) is 25.5 Å². The highest BCUT2D eigenvalue weighted by Gasteiger charge is 2.22. The van der Waals surface area contributed by atoms with E-state index in [1.807, 2.05) is 4.72 Å². The molecule has 5 nitrogen and oxygen atoms in total. The van der Waals surface area contributed by atoms with Crippen molar-refractivity contribution >= 4 is 16.0 Å². The van der Waals surface area contributed by atoms with E-state index in [2.05, 4.69) is 4.74 Å². The van der Waals surface area contributed by atoms with Crippen LogP contribution in [-0.2, 0) is 19.6 Å². The molecule has 1 N–H and O–H groups in total. The number of carbonyl (C=O) groups is 1. The molecule has 0 fully saturated rings. The summed E-state index contributed by atoms with van der Waals surface area (Å²) in [6.45, 7) is 2.71. The molecule has 0 atom stereocenters. The Morgan fingerprint density at radius 3 is 2.67 bits per heavy atom. The monoisotopic (exact) mass is 275 g/mol. The standard InChI is InChI=1S/C11H14FNO4S/c1-3-17-10(14)7-13-18(15,16)11-8(2)5-4-6-9(11)12/h4-6,13H,3,7H2,1-2H3. The van der Waals surface area contributed by atoms with Crippen LogP contribution >= 0.6 is 0 Å². The summed E-state index contributed by atoms with van der Waals surface area (Å²) >= 11 is 0. The maximum atomic E-state index is 13.5. The van der Waals surface area contributed by atoms with Crippen LogP contribution in [0.3, 0.4) is 0 Å². The van der Waals surface area contributed by atoms with Gasteiger partial charge in [-0.2, -0.15) is 4.72 Å². The number of esters is 1. The lowest BCUT2D eigenvalue weighted by Crippen LogP contribution is -2.31. The molecule has 0 aliphatic heterocycles. The first-order valence-corrected chi connectivity index (χ1v) is 6.77. The minimum absolute atomic E-state index is 0.152. The lowest BCUT2D eigenvalue weighted by atomic mass is 10.2. The number of hydrogen-bond donors (Lipinski definition) is 1. The van der Waals surface area contributed by atoms with Crippen molar-refractivity contribution in [2.75, 3.05) is 13.2 Å². The largest absolute Gasteiger partial charge is 0.465 e. The Labute approximate surface area is 105 Å². The molecule has 0 spiro atoms. The number of halogens is 1. The van der Waals surface area contributed by atoms with E-state index in [1.54, 1.807) is 6.92 Å². The van der Waals surface area contributed by atoms with Crippen molar-refractivity contribution in [3.05, 3.63) is 29.6 Å². The molecule has 0 radical (unpaired) electrons. The van der Waals surface area contributed by atoms with Crippen molar-refractivity contribution in [1.29, 1.82) is 0 Å². The second-order valence-electron chi connectivity index (χ2n) is 3.52. The quantitative estimate of drug-likeness (QED) is 0.813. The van der Waals surface area contributed by atoms with Gasteiger partial charge in [0.1, 0.15) is 17.3 Å². The van der Waals surface area contributed by atoms with Crippen molar-refractivity contribution < 1.29 is 22.3 Å². The van der Waals surface area contributed by atoms with Crippen molar-refractivity contribution in [2.24, 2.45) is 0 Å². The van der Waals surface area contributed by atoms with Crippen LogP contribution in [0.4, 0.5) is 4.39 Å². The predicted molar refractivity (Wildman–Crippen MR) is 63.0 cm³/mol. The molecule has 0 aliphatic rings. The molecule has 0 aromatic heterocycles. The summed E-state index contributed by atoms with van der Waals surface area (Å²) in [7, 11) is -4.06. The average Bonchev–Trinajstić information content (AvgIpc) is 2.26. The Balaban J connectivity index is 2.91. The second kappa shape index (κ2) is 5.92. The van der Waals surface area contributed by atoms with E-state index in [-0.39, 0.29) is 12.2 Å². The zero-order valence-electron chi connectivity index (χ0n) is 10.1. The van der Waals surface area contributed by atoms with E-state index < -0.39 is 33.3 Å². The van der Waals surface area contributed by atoms with Crippen molar-refractivity contribution in [3.8, 4) is 0 Å². The number of aryl methyl sites for hydroxylation is 1. The fourth-order valence-corrected chi connectivity index (χ4v) is 2.66. The normalized spacial score (nSPS) is 11.3. The van der Waals surface area contributed by atoms with Gasteiger partial charge < -0.3 is 4.74 Å². The van der Waals surface area contributed by atoms with Gasteiger partial charge in [0.05, 0.1) is 6.61 Å². The lowest BCUT2D eigenvalue weighted by molar-refractivity contribution is -0.141. The third kappa shape index (κ3) is 3.51. The zero-order chi connectivity index (χ0) is 13.8. The molecule has 0 aliphatic carbocycles. The summed E-state index contributed by atoms with van der Waals surface area (Å²) in [5.74, 6) is -1.57. The molecule has 0 amide bonds. The van der Waals surface area contributed by atoms with Gasteiger partial charge in [0.2, 0.25) is 10.0 Å². The molecule has 1 aromatic carbocycles. The van der Waals surface area contributed by atoms with Gasteiger partial charge in [-0.25, -0.2) is 12.8 Å². The fourth-order valence-electron chi connectivity index (χ4n) is 1.40. The topological polar surface area (TPSA) is 72.5 Å². The fraction of sp³-hybridized carbons (Fsp3) is 0.364. The van der Waals surface area contributed by atoms with Crippen LogP contribution in [-0.4, -0.2) is 27.5 Å². The first kappa shape index (κ1) is 14.6. The van der Waals surface area contributed by atoms with Gasteiger partial charge in [0.15, 0.2) is 0 Å². The highest BCUT2D eigenvalue weighted by atomic mass is 32.2. The number of ether oxygens (including phenoxy) is 1. The van der Waals surface area contributed by atoms with E-state index in [0.29, 0.717) is 0 Å². The number of benzene rings is 1. The van der Waals surface area contributed by atoms with Crippen molar-refractivity contribution in [3.63, 3.8) is 0 Å². The third-order valence-corrected chi connectivity index (χ3v) is 3.72. The van der Waals surface area contributed by atoms with Crippen molar-refractivity contribution in [2.45, 2.75) is 18.7 Å². The maximum absolute atomic E-state index is 13.5. The molecule has 18 heavy (non-hydrogen) atoms. The van der Waals surface area contributed by atoms with Crippen molar-refractivity contribution in [1.82, 2.24) is 4.72 Å². The predicted octanol–water partition coefficient (Wildman–Crippen LogP) is 0.976. The van der Waals surface area contributed by atoms with E-state index in [9.17, 15) is 17.6 Å². The molecule has 100 valence electrons. The van der Waals surface area contributed by atoms with Crippen LogP contribution < -0.4 is 4.72 Å². The molecule has 1 rings (SSSR count). The van der Waals surface area contributed by atoms with Crippen LogP contribution in [0, 0.1) is 12.7 Å². The SMILES string of the molecule is CCOC(=O)CNS(=O)(=O)c1c(C)cccc1F. The van der Waals surface area contributed by atoms with Gasteiger partial charge in [-0.15, -0.1) is 0 Å². The summed E-state index contributed by atoms with van der Waals surface area (Å²) in [4.78, 5) is 10.6. The van der Waals surface area contributed by atoms with Gasteiger partial charge in [-0.3, -0.25) is 4.79 Å². The molecule has 0 bridgehead atoms. The molecule has 0 saturated heterocycles. The number of carbonyl (C=O) groups excluding carboxylic acids is 1. The minimum Gasteiger partial charge on any atom is -0.465 e. The molecule has 1 aromatic rings.